The highest BCUT2D eigenvalue weighted by atomic mass is 19.4. The van der Waals surface area contributed by atoms with E-state index in [4.69, 9.17) is 19.7 Å². The van der Waals surface area contributed by atoms with Crippen LogP contribution in [0.5, 0.6) is 6.01 Å². The Hall–Kier alpha value is -2.94. The summed E-state index contributed by atoms with van der Waals surface area (Å²) in [5.74, 6) is 0.673. The number of nitrogens with one attached hydrogen (secondary N) is 1. The minimum Gasteiger partial charge on any atom is -0.462 e. The molecule has 1 aromatic carbocycles. The fraction of sp³-hybridized carbons (Fsp3) is 0.577. The highest BCUT2D eigenvalue weighted by molar-refractivity contribution is 5.52. The number of anilines is 1. The molecule has 1 aromatic heterocycles. The van der Waals surface area contributed by atoms with Gasteiger partial charge in [0.25, 0.3) is 0 Å². The van der Waals surface area contributed by atoms with Crippen molar-refractivity contribution in [3.63, 3.8) is 0 Å². The number of ether oxygens (including phenoxy) is 2. The largest absolute Gasteiger partial charge is 0.462 e. The fourth-order valence-corrected chi connectivity index (χ4v) is 5.42. The van der Waals surface area contributed by atoms with Gasteiger partial charge in [-0.05, 0) is 38.1 Å². The number of rotatable bonds is 6. The molecule has 0 spiro atoms. The van der Waals surface area contributed by atoms with E-state index in [0.29, 0.717) is 44.2 Å². The van der Waals surface area contributed by atoms with Crippen LogP contribution in [0.3, 0.4) is 0 Å². The normalized spacial score (nSPS) is 24.5. The van der Waals surface area contributed by atoms with Crippen molar-refractivity contribution in [1.82, 2.24) is 20.2 Å². The topological polar surface area (TPSA) is 86.5 Å². The lowest BCUT2D eigenvalue weighted by molar-refractivity contribution is -0.139. The van der Waals surface area contributed by atoms with E-state index < -0.39 is 17.8 Å². The van der Waals surface area contributed by atoms with Crippen LogP contribution >= 0.6 is 0 Å². The summed E-state index contributed by atoms with van der Waals surface area (Å²) in [6.07, 6.45) is -2.56. The number of aromatic nitrogens is 2. The molecule has 198 valence electrons. The van der Waals surface area contributed by atoms with Crippen LogP contribution in [0.25, 0.3) is 0 Å². The second kappa shape index (κ2) is 10.8. The molecule has 1 N–H and O–H groups in total. The molecule has 0 bridgehead atoms. The average molecular weight is 517 g/mol. The average Bonchev–Trinajstić information content (AvgIpc) is 3.31. The SMILES string of the molecule is CN1CCC[C@H]1COc1nc2c(c(N3CCN[C@@H](CC#N)C3)n1)COC(c1ccccc1C(F)(F)F)C2. The summed E-state index contributed by atoms with van der Waals surface area (Å²) in [7, 11) is 2.07. The molecular formula is C26H31F3N6O2. The number of hydrogen-bond acceptors (Lipinski definition) is 8. The first-order valence-electron chi connectivity index (χ1n) is 12.7. The third-order valence-electron chi connectivity index (χ3n) is 7.44. The zero-order chi connectivity index (χ0) is 26.0. The van der Waals surface area contributed by atoms with E-state index in [1.54, 1.807) is 6.07 Å². The van der Waals surface area contributed by atoms with Crippen LogP contribution < -0.4 is 15.0 Å². The van der Waals surface area contributed by atoms with E-state index in [0.717, 1.165) is 31.0 Å². The van der Waals surface area contributed by atoms with E-state index in [9.17, 15) is 13.2 Å². The minimum absolute atomic E-state index is 0.00297. The maximum absolute atomic E-state index is 13.7. The summed E-state index contributed by atoms with van der Waals surface area (Å²) >= 11 is 0. The Morgan fingerprint density at radius 2 is 2.08 bits per heavy atom. The molecule has 0 aliphatic carbocycles. The third kappa shape index (κ3) is 5.66. The monoisotopic (exact) mass is 516 g/mol. The van der Waals surface area contributed by atoms with Gasteiger partial charge in [0.1, 0.15) is 12.4 Å². The molecule has 2 aromatic rings. The standard InChI is InChI=1S/C26H31F3N6O2/c1-34-11-4-5-18(34)15-37-25-32-22-13-23(19-6-2-3-7-21(19)26(27,28)29)36-16-20(22)24(33-25)35-12-10-31-17(14-35)8-9-30/h2-3,6-7,17-18,23,31H,4-5,8,10-16H2,1H3/t17-,18-,23?/m0/s1. The van der Waals surface area contributed by atoms with Gasteiger partial charge in [-0.1, -0.05) is 18.2 Å². The number of piperazine rings is 1. The molecule has 3 aliphatic rings. The van der Waals surface area contributed by atoms with Gasteiger partial charge in [0.15, 0.2) is 0 Å². The van der Waals surface area contributed by atoms with Crippen LogP contribution in [-0.2, 0) is 23.9 Å². The Kier molecular flexibility index (Phi) is 7.51. The van der Waals surface area contributed by atoms with Crippen molar-refractivity contribution in [2.45, 2.75) is 56.7 Å². The van der Waals surface area contributed by atoms with Gasteiger partial charge in [0.2, 0.25) is 0 Å². The number of fused-ring (bicyclic) bond motifs is 1. The number of halogens is 3. The van der Waals surface area contributed by atoms with Crippen LogP contribution in [0.2, 0.25) is 0 Å². The van der Waals surface area contributed by atoms with Gasteiger partial charge >= 0.3 is 12.2 Å². The highest BCUT2D eigenvalue weighted by Crippen LogP contribution is 2.40. The zero-order valence-electron chi connectivity index (χ0n) is 20.8. The smallest absolute Gasteiger partial charge is 0.416 e. The van der Waals surface area contributed by atoms with Gasteiger partial charge in [0, 0.05) is 43.7 Å². The first-order valence-corrected chi connectivity index (χ1v) is 12.7. The maximum Gasteiger partial charge on any atom is 0.416 e. The van der Waals surface area contributed by atoms with Crippen LogP contribution in [0.4, 0.5) is 19.0 Å². The molecule has 2 fully saturated rings. The van der Waals surface area contributed by atoms with Crippen LogP contribution in [0, 0.1) is 11.3 Å². The lowest BCUT2D eigenvalue weighted by atomic mass is 9.95. The maximum atomic E-state index is 13.7. The van der Waals surface area contributed by atoms with E-state index in [1.165, 1.54) is 12.1 Å². The number of likely N-dealkylation sites (tertiary alicyclic amines) is 1. The minimum atomic E-state index is -4.48. The molecule has 3 atom stereocenters. The molecule has 1 unspecified atom stereocenters. The second-order valence-electron chi connectivity index (χ2n) is 9.89. The van der Waals surface area contributed by atoms with Crippen molar-refractivity contribution in [2.24, 2.45) is 0 Å². The van der Waals surface area contributed by atoms with Crippen molar-refractivity contribution in [2.75, 3.05) is 44.7 Å². The molecule has 0 amide bonds. The molecule has 5 rings (SSSR count). The van der Waals surface area contributed by atoms with Crippen LogP contribution in [0.1, 0.15) is 47.8 Å². The van der Waals surface area contributed by atoms with Crippen molar-refractivity contribution in [1.29, 1.82) is 5.26 Å². The summed E-state index contributed by atoms with van der Waals surface area (Å²) in [6, 6.07) is 8.25. The van der Waals surface area contributed by atoms with Gasteiger partial charge in [-0.2, -0.15) is 28.4 Å². The van der Waals surface area contributed by atoms with E-state index in [1.807, 2.05) is 0 Å². The lowest BCUT2D eigenvalue weighted by Gasteiger charge is -2.36. The number of benzene rings is 1. The molecule has 0 radical (unpaired) electrons. The van der Waals surface area contributed by atoms with Crippen molar-refractivity contribution < 1.29 is 22.6 Å². The first-order chi connectivity index (χ1) is 17.8. The van der Waals surface area contributed by atoms with Gasteiger partial charge in [-0.15, -0.1) is 0 Å². The number of nitrogens with zero attached hydrogens (tertiary/aromatic N) is 5. The van der Waals surface area contributed by atoms with Gasteiger partial charge in [-0.25, -0.2) is 0 Å². The molecule has 2 saturated heterocycles. The summed E-state index contributed by atoms with van der Waals surface area (Å²) < 4.78 is 53.2. The van der Waals surface area contributed by atoms with E-state index >= 15 is 0 Å². The quantitative estimate of drug-likeness (QED) is 0.625. The molecule has 3 aliphatic heterocycles. The van der Waals surface area contributed by atoms with Gasteiger partial charge < -0.3 is 24.6 Å². The number of nitriles is 1. The summed E-state index contributed by atoms with van der Waals surface area (Å²) in [4.78, 5) is 13.8. The number of alkyl halides is 3. The molecule has 37 heavy (non-hydrogen) atoms. The highest BCUT2D eigenvalue weighted by Gasteiger charge is 2.37. The Labute approximate surface area is 214 Å². The second-order valence-corrected chi connectivity index (χ2v) is 9.89. The number of likely N-dealkylation sites (N-methyl/N-ethyl adjacent to an activating group) is 1. The number of hydrogen-bond donors (Lipinski definition) is 1. The first kappa shape index (κ1) is 25.7. The third-order valence-corrected chi connectivity index (χ3v) is 7.44. The van der Waals surface area contributed by atoms with E-state index in [-0.39, 0.29) is 36.7 Å². The summed E-state index contributed by atoms with van der Waals surface area (Å²) in [5, 5.41) is 12.5. The summed E-state index contributed by atoms with van der Waals surface area (Å²) in [5.41, 5.74) is 0.819. The predicted molar refractivity (Wildman–Crippen MR) is 130 cm³/mol. The van der Waals surface area contributed by atoms with Crippen LogP contribution in [0.15, 0.2) is 24.3 Å². The van der Waals surface area contributed by atoms with E-state index in [2.05, 4.69) is 33.2 Å². The van der Waals surface area contributed by atoms with Crippen molar-refractivity contribution in [3.05, 3.63) is 46.6 Å². The van der Waals surface area contributed by atoms with Crippen molar-refractivity contribution in [3.8, 4) is 12.1 Å². The molecular weight excluding hydrogens is 485 g/mol. The molecule has 8 nitrogen and oxygen atoms in total. The Morgan fingerprint density at radius 1 is 1.24 bits per heavy atom. The molecule has 0 saturated carbocycles. The summed E-state index contributed by atoms with van der Waals surface area (Å²) in [6.45, 7) is 3.52. The lowest BCUT2D eigenvalue weighted by Crippen LogP contribution is -2.51. The Morgan fingerprint density at radius 3 is 2.84 bits per heavy atom. The van der Waals surface area contributed by atoms with Crippen LogP contribution in [-0.4, -0.2) is 66.8 Å². The Balaban J connectivity index is 1.46. The van der Waals surface area contributed by atoms with Crippen molar-refractivity contribution >= 4 is 5.82 Å². The van der Waals surface area contributed by atoms with Gasteiger partial charge in [0.05, 0.1) is 36.5 Å². The molecule has 11 heteroatoms. The molecule has 4 heterocycles. The predicted octanol–water partition coefficient (Wildman–Crippen LogP) is 3.47. The fourth-order valence-electron chi connectivity index (χ4n) is 5.42. The zero-order valence-corrected chi connectivity index (χ0v) is 20.8. The van der Waals surface area contributed by atoms with Gasteiger partial charge in [-0.3, -0.25) is 0 Å². The Bertz CT molecular complexity index is 1150.